The highest BCUT2D eigenvalue weighted by Crippen LogP contribution is 2.25. The summed E-state index contributed by atoms with van der Waals surface area (Å²) in [7, 11) is 1.45. The molecule has 80 valence electrons. The molecule has 3 N–H and O–H groups in total. The number of amides is 2. The van der Waals surface area contributed by atoms with Gasteiger partial charge >= 0.3 is 0 Å². The number of rotatable bonds is 3. The number of carbonyl (C=O) groups excluding carboxylic acids is 2. The molecule has 0 aliphatic heterocycles. The Balaban J connectivity index is 3.08. The Hall–Kier alpha value is -2.04. The second-order valence-electron chi connectivity index (χ2n) is 2.96. The molecule has 0 aliphatic carbocycles. The van der Waals surface area contributed by atoms with Gasteiger partial charge in [0.15, 0.2) is 0 Å². The van der Waals surface area contributed by atoms with Crippen LogP contribution >= 0.6 is 0 Å². The minimum absolute atomic E-state index is 0.208. The zero-order valence-corrected chi connectivity index (χ0v) is 8.53. The van der Waals surface area contributed by atoms with Gasteiger partial charge in [-0.3, -0.25) is 9.59 Å². The van der Waals surface area contributed by atoms with Crippen molar-refractivity contribution >= 4 is 17.5 Å². The molecule has 0 aromatic heterocycles. The van der Waals surface area contributed by atoms with Crippen molar-refractivity contribution in [1.29, 1.82) is 0 Å². The van der Waals surface area contributed by atoms with Crippen LogP contribution < -0.4 is 15.8 Å². The van der Waals surface area contributed by atoms with Crippen LogP contribution in [0, 0.1) is 0 Å². The first-order valence-corrected chi connectivity index (χ1v) is 4.30. The first-order valence-electron chi connectivity index (χ1n) is 4.30. The van der Waals surface area contributed by atoms with Crippen molar-refractivity contribution in [2.75, 3.05) is 12.4 Å². The summed E-state index contributed by atoms with van der Waals surface area (Å²) in [6.45, 7) is 1.39. The summed E-state index contributed by atoms with van der Waals surface area (Å²) in [6.07, 6.45) is 0. The molecule has 0 bridgehead atoms. The van der Waals surface area contributed by atoms with E-state index in [1.54, 1.807) is 6.07 Å². The predicted octanol–water partition coefficient (Wildman–Crippen LogP) is 0.752. The van der Waals surface area contributed by atoms with Gasteiger partial charge in [-0.2, -0.15) is 0 Å². The third-order valence-corrected chi connectivity index (χ3v) is 1.80. The van der Waals surface area contributed by atoms with E-state index < -0.39 is 5.91 Å². The summed E-state index contributed by atoms with van der Waals surface area (Å²) in [4.78, 5) is 21.7. The van der Waals surface area contributed by atoms with Crippen LogP contribution in [0.2, 0.25) is 0 Å². The molecular weight excluding hydrogens is 196 g/mol. The minimum atomic E-state index is -0.539. The molecule has 5 heteroatoms. The third kappa shape index (κ3) is 2.70. The van der Waals surface area contributed by atoms with E-state index in [-0.39, 0.29) is 5.91 Å². The lowest BCUT2D eigenvalue weighted by Gasteiger charge is -2.09. The maximum atomic E-state index is 10.9. The second kappa shape index (κ2) is 4.45. The number of carbonyl (C=O) groups is 2. The van der Waals surface area contributed by atoms with Crippen molar-refractivity contribution in [2.24, 2.45) is 5.73 Å². The highest BCUT2D eigenvalue weighted by Gasteiger charge is 2.08. The number of anilines is 1. The predicted molar refractivity (Wildman–Crippen MR) is 55.8 cm³/mol. The van der Waals surface area contributed by atoms with Crippen LogP contribution in [0.1, 0.15) is 17.3 Å². The Bertz CT molecular complexity index is 402. The molecular formula is C10H12N2O3. The monoisotopic (exact) mass is 208 g/mol. The Morgan fingerprint density at radius 2 is 2.07 bits per heavy atom. The van der Waals surface area contributed by atoms with Gasteiger partial charge in [-0.15, -0.1) is 0 Å². The zero-order valence-electron chi connectivity index (χ0n) is 8.53. The number of nitrogens with two attached hydrogens (primary N) is 1. The van der Waals surface area contributed by atoms with Crippen LogP contribution in [0.4, 0.5) is 5.69 Å². The standard InChI is InChI=1S/C10H12N2O3/c1-6(13)12-8-4-3-7(10(11)14)5-9(8)15-2/h3-5H,1-2H3,(H2,11,14)(H,12,13). The van der Waals surface area contributed by atoms with Crippen molar-refractivity contribution < 1.29 is 14.3 Å². The number of benzene rings is 1. The summed E-state index contributed by atoms with van der Waals surface area (Å²) in [5.41, 5.74) is 5.95. The van der Waals surface area contributed by atoms with Gasteiger partial charge in [0.1, 0.15) is 5.75 Å². The quantitative estimate of drug-likeness (QED) is 0.769. The molecule has 0 unspecified atom stereocenters. The van der Waals surface area contributed by atoms with Gasteiger partial charge in [-0.1, -0.05) is 0 Å². The van der Waals surface area contributed by atoms with Crippen LogP contribution in [0.25, 0.3) is 0 Å². The molecule has 0 saturated heterocycles. The van der Waals surface area contributed by atoms with Crippen molar-refractivity contribution in [1.82, 2.24) is 0 Å². The highest BCUT2D eigenvalue weighted by molar-refractivity contribution is 5.95. The number of primary amides is 1. The first-order chi connectivity index (χ1) is 7.04. The van der Waals surface area contributed by atoms with Gasteiger partial charge in [0, 0.05) is 12.5 Å². The van der Waals surface area contributed by atoms with E-state index in [1.165, 1.54) is 26.2 Å². The lowest BCUT2D eigenvalue weighted by atomic mass is 10.2. The fourth-order valence-electron chi connectivity index (χ4n) is 1.14. The summed E-state index contributed by atoms with van der Waals surface area (Å²) in [5.74, 6) is -0.343. The second-order valence-corrected chi connectivity index (χ2v) is 2.96. The van der Waals surface area contributed by atoms with E-state index in [0.29, 0.717) is 17.0 Å². The van der Waals surface area contributed by atoms with Crippen LogP contribution in [-0.2, 0) is 4.79 Å². The fraction of sp³-hybridized carbons (Fsp3) is 0.200. The molecule has 5 nitrogen and oxygen atoms in total. The van der Waals surface area contributed by atoms with Crippen LogP contribution in [0.5, 0.6) is 5.75 Å². The largest absolute Gasteiger partial charge is 0.495 e. The van der Waals surface area contributed by atoms with Gasteiger partial charge in [-0.25, -0.2) is 0 Å². The van der Waals surface area contributed by atoms with Crippen molar-refractivity contribution in [3.8, 4) is 5.75 Å². The van der Waals surface area contributed by atoms with Gasteiger partial charge in [0.2, 0.25) is 11.8 Å². The van der Waals surface area contributed by atoms with E-state index in [1.807, 2.05) is 0 Å². The van der Waals surface area contributed by atoms with Crippen LogP contribution in [0.3, 0.4) is 0 Å². The van der Waals surface area contributed by atoms with Crippen molar-refractivity contribution in [2.45, 2.75) is 6.92 Å². The molecule has 1 rings (SSSR count). The number of hydrogen-bond acceptors (Lipinski definition) is 3. The summed E-state index contributed by atoms with van der Waals surface area (Å²) in [6, 6.07) is 4.57. The van der Waals surface area contributed by atoms with E-state index in [9.17, 15) is 9.59 Å². The van der Waals surface area contributed by atoms with Crippen molar-refractivity contribution in [3.05, 3.63) is 23.8 Å². The molecule has 2 amide bonds. The molecule has 0 fully saturated rings. The normalized spacial score (nSPS) is 9.47. The highest BCUT2D eigenvalue weighted by atomic mass is 16.5. The average molecular weight is 208 g/mol. The Labute approximate surface area is 87.2 Å². The van der Waals surface area contributed by atoms with Gasteiger partial charge in [0.05, 0.1) is 12.8 Å². The van der Waals surface area contributed by atoms with Gasteiger partial charge in [-0.05, 0) is 18.2 Å². The Morgan fingerprint density at radius 3 is 2.53 bits per heavy atom. The van der Waals surface area contributed by atoms with Gasteiger partial charge < -0.3 is 15.8 Å². The minimum Gasteiger partial charge on any atom is -0.495 e. The molecule has 1 aromatic carbocycles. The SMILES string of the molecule is COc1cc(C(N)=O)ccc1NC(C)=O. The number of hydrogen-bond donors (Lipinski definition) is 2. The maximum absolute atomic E-state index is 10.9. The number of nitrogens with one attached hydrogen (secondary N) is 1. The number of methoxy groups -OCH3 is 1. The molecule has 0 saturated carbocycles. The summed E-state index contributed by atoms with van der Waals surface area (Å²) >= 11 is 0. The molecule has 0 atom stereocenters. The Kier molecular flexibility index (Phi) is 3.28. The molecule has 15 heavy (non-hydrogen) atoms. The maximum Gasteiger partial charge on any atom is 0.248 e. The lowest BCUT2D eigenvalue weighted by Crippen LogP contribution is -2.12. The average Bonchev–Trinajstić information content (AvgIpc) is 2.17. The fourth-order valence-corrected chi connectivity index (χ4v) is 1.14. The molecule has 0 aliphatic rings. The van der Waals surface area contributed by atoms with Crippen molar-refractivity contribution in [3.63, 3.8) is 0 Å². The molecule has 1 aromatic rings. The lowest BCUT2D eigenvalue weighted by molar-refractivity contribution is -0.114. The number of ether oxygens (including phenoxy) is 1. The molecule has 0 radical (unpaired) electrons. The van der Waals surface area contributed by atoms with E-state index >= 15 is 0 Å². The summed E-state index contributed by atoms with van der Waals surface area (Å²) < 4.78 is 5.01. The molecule has 0 heterocycles. The van der Waals surface area contributed by atoms with E-state index in [2.05, 4.69) is 5.32 Å². The first kappa shape index (κ1) is 11.0. The van der Waals surface area contributed by atoms with Crippen LogP contribution in [-0.4, -0.2) is 18.9 Å². The molecule has 0 spiro atoms. The van der Waals surface area contributed by atoms with E-state index in [4.69, 9.17) is 10.5 Å². The van der Waals surface area contributed by atoms with E-state index in [0.717, 1.165) is 0 Å². The Morgan fingerprint density at radius 1 is 1.40 bits per heavy atom. The van der Waals surface area contributed by atoms with Crippen LogP contribution in [0.15, 0.2) is 18.2 Å². The summed E-state index contributed by atoms with van der Waals surface area (Å²) in [5, 5.41) is 2.57. The van der Waals surface area contributed by atoms with Gasteiger partial charge in [0.25, 0.3) is 0 Å². The third-order valence-electron chi connectivity index (χ3n) is 1.80. The smallest absolute Gasteiger partial charge is 0.248 e. The topological polar surface area (TPSA) is 81.4 Å². The zero-order chi connectivity index (χ0) is 11.4.